The van der Waals surface area contributed by atoms with Crippen LogP contribution in [0.25, 0.3) is 0 Å². The van der Waals surface area contributed by atoms with Gasteiger partial charge in [-0.15, -0.1) is 0 Å². The van der Waals surface area contributed by atoms with Crippen LogP contribution in [0.2, 0.25) is 0 Å². The topological polar surface area (TPSA) is 33.0 Å². The van der Waals surface area contributed by atoms with E-state index in [1.807, 2.05) is 61.5 Å². The summed E-state index contributed by atoms with van der Waals surface area (Å²) in [5.41, 5.74) is 0.512. The van der Waals surface area contributed by atoms with Crippen LogP contribution in [0.3, 0.4) is 0 Å². The third kappa shape index (κ3) is 3.61. The Hall–Kier alpha value is -1.79. The second-order valence-electron chi connectivity index (χ2n) is 4.86. The Morgan fingerprint density at radius 1 is 1.10 bits per heavy atom. The number of halogens is 1. The first-order valence-corrected chi connectivity index (χ1v) is 7.28. The van der Waals surface area contributed by atoms with E-state index in [1.165, 1.54) is 0 Å². The highest BCUT2D eigenvalue weighted by atomic mass is 79.9. The molecular formula is C17H16BrNO. The molecule has 102 valence electrons. The van der Waals surface area contributed by atoms with Gasteiger partial charge in [-0.05, 0) is 36.8 Å². The molecule has 2 rings (SSSR count). The zero-order valence-electron chi connectivity index (χ0n) is 11.3. The molecule has 0 saturated carbocycles. The van der Waals surface area contributed by atoms with E-state index in [0.29, 0.717) is 13.0 Å². The first kappa shape index (κ1) is 14.6. The molecule has 0 radical (unpaired) electrons. The molecule has 0 aromatic heterocycles. The minimum atomic E-state index is -0.517. The van der Waals surface area contributed by atoms with Gasteiger partial charge in [0.2, 0.25) is 0 Å². The van der Waals surface area contributed by atoms with Crippen LogP contribution in [0, 0.1) is 11.3 Å². The molecule has 3 heteroatoms. The van der Waals surface area contributed by atoms with E-state index in [-0.39, 0.29) is 0 Å². The van der Waals surface area contributed by atoms with Crippen molar-refractivity contribution >= 4 is 15.9 Å². The molecule has 0 fully saturated rings. The predicted octanol–water partition coefficient (Wildman–Crippen LogP) is 4.70. The van der Waals surface area contributed by atoms with E-state index in [0.717, 1.165) is 15.8 Å². The second-order valence-corrected chi connectivity index (χ2v) is 5.78. The van der Waals surface area contributed by atoms with Gasteiger partial charge in [0.25, 0.3) is 0 Å². The van der Waals surface area contributed by atoms with Crippen molar-refractivity contribution in [3.05, 3.63) is 64.6 Å². The fourth-order valence-electron chi connectivity index (χ4n) is 1.97. The van der Waals surface area contributed by atoms with Crippen molar-refractivity contribution in [2.24, 2.45) is 0 Å². The van der Waals surface area contributed by atoms with Crippen LogP contribution < -0.4 is 4.74 Å². The first-order chi connectivity index (χ1) is 9.64. The van der Waals surface area contributed by atoms with Gasteiger partial charge in [-0.25, -0.2) is 0 Å². The summed E-state index contributed by atoms with van der Waals surface area (Å²) in [4.78, 5) is 0. The van der Waals surface area contributed by atoms with Crippen molar-refractivity contribution < 1.29 is 4.74 Å². The SMILES string of the molecule is CC(C#N)(CCOc1ccc(Br)cc1)c1ccccc1. The quantitative estimate of drug-likeness (QED) is 0.796. The van der Waals surface area contributed by atoms with Gasteiger partial charge >= 0.3 is 0 Å². The molecule has 0 aliphatic carbocycles. The average Bonchev–Trinajstić information content (AvgIpc) is 2.50. The van der Waals surface area contributed by atoms with Gasteiger partial charge in [0.05, 0.1) is 18.1 Å². The minimum absolute atomic E-state index is 0.514. The molecule has 0 bridgehead atoms. The first-order valence-electron chi connectivity index (χ1n) is 6.49. The number of ether oxygens (including phenoxy) is 1. The fourth-order valence-corrected chi connectivity index (χ4v) is 2.24. The summed E-state index contributed by atoms with van der Waals surface area (Å²) in [7, 11) is 0. The molecule has 0 saturated heterocycles. The van der Waals surface area contributed by atoms with Crippen molar-refractivity contribution in [2.75, 3.05) is 6.61 Å². The maximum atomic E-state index is 9.46. The van der Waals surface area contributed by atoms with E-state index < -0.39 is 5.41 Å². The van der Waals surface area contributed by atoms with Crippen LogP contribution in [0.1, 0.15) is 18.9 Å². The van der Waals surface area contributed by atoms with Gasteiger partial charge in [0.15, 0.2) is 0 Å². The fraction of sp³-hybridized carbons (Fsp3) is 0.235. The van der Waals surface area contributed by atoms with Crippen LogP contribution in [0.4, 0.5) is 0 Å². The normalized spacial score (nSPS) is 13.2. The number of hydrogen-bond acceptors (Lipinski definition) is 2. The lowest BCUT2D eigenvalue weighted by molar-refractivity contribution is 0.285. The number of nitrogens with zero attached hydrogens (tertiary/aromatic N) is 1. The van der Waals surface area contributed by atoms with Crippen LogP contribution >= 0.6 is 15.9 Å². The highest BCUT2D eigenvalue weighted by Crippen LogP contribution is 2.27. The van der Waals surface area contributed by atoms with E-state index >= 15 is 0 Å². The van der Waals surface area contributed by atoms with Gasteiger partial charge in [0.1, 0.15) is 5.75 Å². The zero-order valence-corrected chi connectivity index (χ0v) is 12.9. The Kier molecular flexibility index (Phi) is 4.81. The van der Waals surface area contributed by atoms with Crippen LogP contribution in [-0.4, -0.2) is 6.61 Å². The van der Waals surface area contributed by atoms with Gasteiger partial charge in [-0.3, -0.25) is 0 Å². The second kappa shape index (κ2) is 6.58. The summed E-state index contributed by atoms with van der Waals surface area (Å²) in [6, 6.07) is 20.0. The summed E-state index contributed by atoms with van der Waals surface area (Å²) < 4.78 is 6.73. The van der Waals surface area contributed by atoms with Crippen molar-refractivity contribution in [3.63, 3.8) is 0 Å². The third-order valence-corrected chi connectivity index (χ3v) is 3.87. The summed E-state index contributed by atoms with van der Waals surface area (Å²) in [6.45, 7) is 2.47. The molecule has 0 N–H and O–H groups in total. The molecule has 2 nitrogen and oxygen atoms in total. The summed E-state index contributed by atoms with van der Waals surface area (Å²) in [6.07, 6.45) is 0.656. The highest BCUT2D eigenvalue weighted by molar-refractivity contribution is 9.10. The lowest BCUT2D eigenvalue weighted by Crippen LogP contribution is -2.22. The number of nitriles is 1. The minimum Gasteiger partial charge on any atom is -0.494 e. The van der Waals surface area contributed by atoms with E-state index in [2.05, 4.69) is 22.0 Å². The van der Waals surface area contributed by atoms with Gasteiger partial charge < -0.3 is 4.74 Å². The Balaban J connectivity index is 1.98. The van der Waals surface area contributed by atoms with E-state index in [4.69, 9.17) is 4.74 Å². The number of benzene rings is 2. The standard InChI is InChI=1S/C17H16BrNO/c1-17(13-19,14-5-3-2-4-6-14)11-12-20-16-9-7-15(18)8-10-16/h2-10H,11-12H2,1H3. The Labute approximate surface area is 128 Å². The maximum Gasteiger partial charge on any atom is 0.119 e. The summed E-state index contributed by atoms with van der Waals surface area (Å²) in [5, 5.41) is 9.46. The Bertz CT molecular complexity index is 589. The molecule has 2 aromatic carbocycles. The Morgan fingerprint density at radius 3 is 2.35 bits per heavy atom. The third-order valence-electron chi connectivity index (χ3n) is 3.34. The summed E-state index contributed by atoms with van der Waals surface area (Å²) in [5.74, 6) is 0.821. The lowest BCUT2D eigenvalue weighted by Gasteiger charge is -2.22. The molecule has 0 heterocycles. The van der Waals surface area contributed by atoms with Crippen LogP contribution in [-0.2, 0) is 5.41 Å². The van der Waals surface area contributed by atoms with Gasteiger partial charge in [-0.2, -0.15) is 5.26 Å². The molecule has 1 atom stereocenters. The van der Waals surface area contributed by atoms with E-state index in [1.54, 1.807) is 0 Å². The molecule has 0 amide bonds. The van der Waals surface area contributed by atoms with Crippen molar-refractivity contribution in [2.45, 2.75) is 18.8 Å². The smallest absolute Gasteiger partial charge is 0.119 e. The van der Waals surface area contributed by atoms with E-state index in [9.17, 15) is 5.26 Å². The lowest BCUT2D eigenvalue weighted by atomic mass is 9.81. The molecular weight excluding hydrogens is 314 g/mol. The van der Waals surface area contributed by atoms with Crippen molar-refractivity contribution in [1.82, 2.24) is 0 Å². The maximum absolute atomic E-state index is 9.46. The van der Waals surface area contributed by atoms with Crippen LogP contribution in [0.15, 0.2) is 59.1 Å². The van der Waals surface area contributed by atoms with Gasteiger partial charge in [-0.1, -0.05) is 46.3 Å². The molecule has 0 aliphatic rings. The van der Waals surface area contributed by atoms with Crippen LogP contribution in [0.5, 0.6) is 5.75 Å². The predicted molar refractivity (Wildman–Crippen MR) is 83.7 cm³/mol. The number of rotatable bonds is 5. The molecule has 2 aromatic rings. The number of hydrogen-bond donors (Lipinski definition) is 0. The molecule has 0 spiro atoms. The highest BCUT2D eigenvalue weighted by Gasteiger charge is 2.26. The monoisotopic (exact) mass is 329 g/mol. The summed E-state index contributed by atoms with van der Waals surface area (Å²) >= 11 is 3.39. The van der Waals surface area contributed by atoms with Gasteiger partial charge in [0, 0.05) is 10.9 Å². The largest absolute Gasteiger partial charge is 0.494 e. The van der Waals surface area contributed by atoms with Crippen molar-refractivity contribution in [1.29, 1.82) is 5.26 Å². The van der Waals surface area contributed by atoms with Crippen molar-refractivity contribution in [3.8, 4) is 11.8 Å². The Morgan fingerprint density at radius 2 is 1.75 bits per heavy atom. The zero-order chi connectivity index (χ0) is 14.4. The molecule has 20 heavy (non-hydrogen) atoms. The molecule has 1 unspecified atom stereocenters. The average molecular weight is 330 g/mol. The molecule has 0 aliphatic heterocycles.